The molecule has 0 saturated heterocycles. The minimum atomic E-state index is 0.255. The van der Waals surface area contributed by atoms with Crippen molar-refractivity contribution in [3.8, 4) is 17.5 Å². The molecule has 2 aromatic heterocycles. The second-order valence-corrected chi connectivity index (χ2v) is 4.79. The van der Waals surface area contributed by atoms with E-state index in [2.05, 4.69) is 9.97 Å². The monoisotopic (exact) mass is 230 g/mol. The quantitative estimate of drug-likeness (QED) is 0.815. The fraction of sp³-hybridized carbons (Fsp3) is 0.182. The van der Waals surface area contributed by atoms with Crippen LogP contribution in [0.5, 0.6) is 0 Å². The molecule has 0 unspecified atom stereocenters. The highest BCUT2D eigenvalue weighted by atomic mass is 32.1. The Morgan fingerprint density at radius 3 is 2.56 bits per heavy atom. The van der Waals surface area contributed by atoms with E-state index in [1.54, 1.807) is 23.5 Å². The second-order valence-electron chi connectivity index (χ2n) is 3.38. The summed E-state index contributed by atoms with van der Waals surface area (Å²) in [5.74, 6) is 0.255. The van der Waals surface area contributed by atoms with Gasteiger partial charge in [0.2, 0.25) is 0 Å². The largest absolute Gasteiger partial charge is 0.383 e. The van der Waals surface area contributed by atoms with Crippen molar-refractivity contribution in [2.24, 2.45) is 0 Å². The summed E-state index contributed by atoms with van der Waals surface area (Å²) in [7, 11) is 0. The number of rotatable bonds is 1. The van der Waals surface area contributed by atoms with Gasteiger partial charge in [-0.25, -0.2) is 9.97 Å². The Balaban J connectivity index is 2.54. The van der Waals surface area contributed by atoms with Crippen LogP contribution in [0.25, 0.3) is 11.4 Å². The maximum atomic E-state index is 8.76. The average Bonchev–Trinajstić information content (AvgIpc) is 2.58. The Morgan fingerprint density at radius 2 is 2.06 bits per heavy atom. The number of nitriles is 1. The number of nitrogen functional groups attached to an aromatic ring is 1. The van der Waals surface area contributed by atoms with Gasteiger partial charge in [-0.1, -0.05) is 0 Å². The summed E-state index contributed by atoms with van der Waals surface area (Å²) in [4.78, 5) is 9.69. The van der Waals surface area contributed by atoms with Gasteiger partial charge in [-0.05, 0) is 26.0 Å². The molecule has 0 aliphatic heterocycles. The van der Waals surface area contributed by atoms with E-state index in [1.807, 2.05) is 19.9 Å². The molecule has 0 aromatic carbocycles. The molecular weight excluding hydrogens is 220 g/mol. The maximum Gasteiger partial charge on any atom is 0.142 e. The summed E-state index contributed by atoms with van der Waals surface area (Å²) in [6.45, 7) is 3.95. The number of hydrogen-bond donors (Lipinski definition) is 1. The molecule has 0 bridgehead atoms. The number of pyridine rings is 1. The zero-order chi connectivity index (χ0) is 11.7. The normalized spacial score (nSPS) is 10.1. The predicted octanol–water partition coefficient (Wildman–Crippen LogP) is 2.28. The van der Waals surface area contributed by atoms with E-state index in [0.29, 0.717) is 5.56 Å². The molecule has 0 fully saturated rings. The van der Waals surface area contributed by atoms with Gasteiger partial charge in [-0.15, -0.1) is 11.3 Å². The molecule has 2 N–H and O–H groups in total. The van der Waals surface area contributed by atoms with Crippen LogP contribution in [0.15, 0.2) is 12.1 Å². The third-order valence-corrected chi connectivity index (χ3v) is 3.08. The summed E-state index contributed by atoms with van der Waals surface area (Å²) in [6.07, 6.45) is 0. The summed E-state index contributed by atoms with van der Waals surface area (Å²) < 4.78 is 0. The number of aryl methyl sites for hydroxylation is 2. The molecule has 4 nitrogen and oxygen atoms in total. The lowest BCUT2D eigenvalue weighted by Crippen LogP contribution is -1.96. The number of thiazole rings is 1. The molecule has 5 heteroatoms. The first-order chi connectivity index (χ1) is 7.61. The van der Waals surface area contributed by atoms with Gasteiger partial charge in [0.15, 0.2) is 0 Å². The van der Waals surface area contributed by atoms with Crippen LogP contribution in [0.2, 0.25) is 0 Å². The van der Waals surface area contributed by atoms with Crippen molar-refractivity contribution in [3.05, 3.63) is 27.6 Å². The molecule has 0 saturated carbocycles. The Morgan fingerprint density at radius 1 is 1.31 bits per heavy atom. The molecule has 0 radical (unpaired) electrons. The van der Waals surface area contributed by atoms with E-state index in [4.69, 9.17) is 11.0 Å². The van der Waals surface area contributed by atoms with Crippen LogP contribution >= 0.6 is 11.3 Å². The van der Waals surface area contributed by atoms with E-state index in [-0.39, 0.29) is 5.82 Å². The fourth-order valence-corrected chi connectivity index (χ4v) is 2.29. The molecular formula is C11H10N4S. The first kappa shape index (κ1) is 10.6. The Bertz CT molecular complexity index is 580. The van der Waals surface area contributed by atoms with Crippen LogP contribution in [0.3, 0.4) is 0 Å². The highest BCUT2D eigenvalue weighted by molar-refractivity contribution is 7.11. The van der Waals surface area contributed by atoms with Crippen molar-refractivity contribution < 1.29 is 0 Å². The van der Waals surface area contributed by atoms with Gasteiger partial charge in [0.25, 0.3) is 0 Å². The van der Waals surface area contributed by atoms with Crippen molar-refractivity contribution in [1.82, 2.24) is 9.97 Å². The third-order valence-electron chi connectivity index (χ3n) is 2.19. The van der Waals surface area contributed by atoms with Crippen LogP contribution < -0.4 is 5.73 Å². The van der Waals surface area contributed by atoms with Crippen molar-refractivity contribution >= 4 is 17.2 Å². The molecule has 0 aliphatic rings. The highest BCUT2D eigenvalue weighted by Crippen LogP contribution is 2.26. The van der Waals surface area contributed by atoms with Crippen molar-refractivity contribution in [1.29, 1.82) is 5.26 Å². The van der Waals surface area contributed by atoms with Crippen LogP contribution in [0.4, 0.5) is 5.82 Å². The Hall–Kier alpha value is -1.93. The smallest absolute Gasteiger partial charge is 0.142 e. The molecule has 16 heavy (non-hydrogen) atoms. The predicted molar refractivity (Wildman–Crippen MR) is 63.9 cm³/mol. The number of nitrogens with zero attached hydrogens (tertiary/aromatic N) is 3. The third kappa shape index (κ3) is 1.75. The number of anilines is 1. The van der Waals surface area contributed by atoms with Gasteiger partial charge >= 0.3 is 0 Å². The van der Waals surface area contributed by atoms with Crippen LogP contribution in [0, 0.1) is 25.2 Å². The van der Waals surface area contributed by atoms with Crippen LogP contribution in [0.1, 0.15) is 15.4 Å². The lowest BCUT2D eigenvalue weighted by atomic mass is 10.2. The van der Waals surface area contributed by atoms with E-state index in [1.165, 1.54) is 0 Å². The van der Waals surface area contributed by atoms with E-state index >= 15 is 0 Å². The van der Waals surface area contributed by atoms with E-state index in [9.17, 15) is 0 Å². The van der Waals surface area contributed by atoms with Crippen molar-refractivity contribution in [2.45, 2.75) is 13.8 Å². The van der Waals surface area contributed by atoms with Crippen molar-refractivity contribution in [3.63, 3.8) is 0 Å². The van der Waals surface area contributed by atoms with Gasteiger partial charge in [0.1, 0.15) is 17.6 Å². The number of hydrogen-bond acceptors (Lipinski definition) is 5. The molecule has 2 heterocycles. The molecule has 2 rings (SSSR count). The molecule has 0 aliphatic carbocycles. The van der Waals surface area contributed by atoms with E-state index in [0.717, 1.165) is 21.3 Å². The Kier molecular flexibility index (Phi) is 2.59. The SMILES string of the molecule is Cc1nc(-c2ccc(C#N)c(N)n2)c(C)s1. The van der Waals surface area contributed by atoms with Gasteiger partial charge in [-0.2, -0.15) is 5.26 Å². The van der Waals surface area contributed by atoms with E-state index < -0.39 is 0 Å². The zero-order valence-corrected chi connectivity index (χ0v) is 9.80. The minimum Gasteiger partial charge on any atom is -0.383 e. The van der Waals surface area contributed by atoms with Gasteiger partial charge in [0, 0.05) is 4.88 Å². The summed E-state index contributed by atoms with van der Waals surface area (Å²) in [6, 6.07) is 5.44. The molecule has 0 atom stereocenters. The molecule has 2 aromatic rings. The maximum absolute atomic E-state index is 8.76. The highest BCUT2D eigenvalue weighted by Gasteiger charge is 2.10. The van der Waals surface area contributed by atoms with Gasteiger partial charge < -0.3 is 5.73 Å². The lowest BCUT2D eigenvalue weighted by Gasteiger charge is -2.00. The second kappa shape index (κ2) is 3.91. The van der Waals surface area contributed by atoms with Gasteiger partial charge in [-0.3, -0.25) is 0 Å². The van der Waals surface area contributed by atoms with Crippen LogP contribution in [-0.4, -0.2) is 9.97 Å². The lowest BCUT2D eigenvalue weighted by molar-refractivity contribution is 1.23. The number of nitrogens with two attached hydrogens (primary N) is 1. The van der Waals surface area contributed by atoms with Crippen LogP contribution in [-0.2, 0) is 0 Å². The fourth-order valence-electron chi connectivity index (χ4n) is 1.47. The average molecular weight is 230 g/mol. The minimum absolute atomic E-state index is 0.255. The zero-order valence-electron chi connectivity index (χ0n) is 8.98. The van der Waals surface area contributed by atoms with Crippen molar-refractivity contribution in [2.75, 3.05) is 5.73 Å². The number of aromatic nitrogens is 2. The molecule has 80 valence electrons. The summed E-state index contributed by atoms with van der Waals surface area (Å²) in [5, 5.41) is 9.75. The first-order valence-corrected chi connectivity index (χ1v) is 5.54. The standard InChI is InChI=1S/C11H10N4S/c1-6-10(14-7(2)16-6)9-4-3-8(5-12)11(13)15-9/h3-4H,1-2H3,(H2,13,15). The topological polar surface area (TPSA) is 75.6 Å². The molecule has 0 amide bonds. The summed E-state index contributed by atoms with van der Waals surface area (Å²) in [5.41, 5.74) is 7.63. The van der Waals surface area contributed by atoms with Gasteiger partial charge in [0.05, 0.1) is 16.3 Å². The first-order valence-electron chi connectivity index (χ1n) is 4.73. The molecule has 0 spiro atoms. The summed E-state index contributed by atoms with van der Waals surface area (Å²) >= 11 is 1.62. The Labute approximate surface area is 97.4 Å².